The molecule has 0 radical (unpaired) electrons. The van der Waals surface area contributed by atoms with Gasteiger partial charge in [-0.25, -0.2) is 13.6 Å². The van der Waals surface area contributed by atoms with Crippen molar-refractivity contribution in [2.75, 3.05) is 19.1 Å². The van der Waals surface area contributed by atoms with Gasteiger partial charge in [-0.2, -0.15) is 11.8 Å². The normalized spacial score (nSPS) is 11.7. The Labute approximate surface area is 214 Å². The van der Waals surface area contributed by atoms with E-state index in [0.29, 0.717) is 28.9 Å². The highest BCUT2D eigenvalue weighted by molar-refractivity contribution is 7.98. The van der Waals surface area contributed by atoms with Crippen molar-refractivity contribution in [1.29, 1.82) is 0 Å². The number of carbonyl (C=O) groups excluding carboxylic acids is 2. The molecule has 190 valence electrons. The predicted molar refractivity (Wildman–Crippen MR) is 138 cm³/mol. The van der Waals surface area contributed by atoms with Crippen LogP contribution < -0.4 is 5.32 Å². The molecule has 1 N–H and O–H groups in total. The Hall–Kier alpha value is -3.23. The highest BCUT2D eigenvalue weighted by Gasteiger charge is 2.24. The zero-order valence-corrected chi connectivity index (χ0v) is 21.3. The van der Waals surface area contributed by atoms with Gasteiger partial charge in [0, 0.05) is 11.6 Å². The molecule has 0 saturated heterocycles. The Morgan fingerprint density at radius 1 is 0.944 bits per heavy atom. The first-order chi connectivity index (χ1) is 17.3. The number of ether oxygens (including phenoxy) is 2. The molecule has 0 bridgehead atoms. The summed E-state index contributed by atoms with van der Waals surface area (Å²) in [6, 6.07) is 15.5. The van der Waals surface area contributed by atoms with Gasteiger partial charge < -0.3 is 14.8 Å². The van der Waals surface area contributed by atoms with Crippen LogP contribution in [0.15, 0.2) is 60.7 Å². The second-order valence-electron chi connectivity index (χ2n) is 8.30. The molecule has 36 heavy (non-hydrogen) atoms. The number of methoxy groups -OCH3 is 1. The zero-order valence-electron chi connectivity index (χ0n) is 20.5. The zero-order chi connectivity index (χ0) is 26.1. The van der Waals surface area contributed by atoms with Crippen LogP contribution in [0.1, 0.15) is 33.5 Å². The minimum absolute atomic E-state index is 0.0346. The molecular weight excluding hydrogens is 484 g/mol. The number of benzene rings is 3. The van der Waals surface area contributed by atoms with Gasteiger partial charge in [-0.15, -0.1) is 0 Å². The lowest BCUT2D eigenvalue weighted by Gasteiger charge is -2.19. The number of halogens is 2. The van der Waals surface area contributed by atoms with E-state index < -0.39 is 23.6 Å². The van der Waals surface area contributed by atoms with Crippen LogP contribution in [-0.4, -0.2) is 37.0 Å². The van der Waals surface area contributed by atoms with Gasteiger partial charge in [0.1, 0.15) is 17.7 Å². The van der Waals surface area contributed by atoms with E-state index in [1.54, 1.807) is 23.9 Å². The van der Waals surface area contributed by atoms with Crippen LogP contribution in [0.4, 0.5) is 8.78 Å². The quantitative estimate of drug-likeness (QED) is 0.334. The lowest BCUT2D eigenvalue weighted by molar-refractivity contribution is -0.142. The smallest absolute Gasteiger partial charge is 0.328 e. The van der Waals surface area contributed by atoms with Gasteiger partial charge in [-0.1, -0.05) is 30.3 Å². The number of hydrogen-bond acceptors (Lipinski definition) is 5. The van der Waals surface area contributed by atoms with Crippen LogP contribution in [0.5, 0.6) is 0 Å². The SMILES string of the molecule is COC(=O)C(CCSC)NC(=O)c1ccc(COCc2cc(F)cc(F)c2)cc1-c1ccccc1C. The third-order valence-electron chi connectivity index (χ3n) is 5.63. The average Bonchev–Trinajstić information content (AvgIpc) is 2.85. The number of amides is 1. The highest BCUT2D eigenvalue weighted by atomic mass is 32.2. The van der Waals surface area contributed by atoms with Gasteiger partial charge in [-0.3, -0.25) is 4.79 Å². The first-order valence-corrected chi connectivity index (χ1v) is 12.8. The number of aryl methyl sites for hydroxylation is 1. The minimum Gasteiger partial charge on any atom is -0.467 e. The molecule has 0 saturated carbocycles. The fraction of sp³-hybridized carbons (Fsp3) is 0.286. The largest absolute Gasteiger partial charge is 0.467 e. The summed E-state index contributed by atoms with van der Waals surface area (Å²) in [7, 11) is 1.30. The molecular formula is C28H29F2NO4S. The van der Waals surface area contributed by atoms with E-state index in [2.05, 4.69) is 5.32 Å². The summed E-state index contributed by atoms with van der Waals surface area (Å²) in [5.41, 5.74) is 4.13. The number of esters is 1. The van der Waals surface area contributed by atoms with Gasteiger partial charge in [0.2, 0.25) is 0 Å². The lowest BCUT2D eigenvalue weighted by atomic mass is 9.93. The fourth-order valence-electron chi connectivity index (χ4n) is 3.82. The Morgan fingerprint density at radius 2 is 1.64 bits per heavy atom. The Morgan fingerprint density at radius 3 is 2.31 bits per heavy atom. The van der Waals surface area contributed by atoms with Crippen LogP contribution in [0.25, 0.3) is 11.1 Å². The van der Waals surface area contributed by atoms with Crippen molar-refractivity contribution in [3.63, 3.8) is 0 Å². The Kier molecular flexibility index (Phi) is 10.0. The molecule has 0 fully saturated rings. The maximum absolute atomic E-state index is 13.4. The summed E-state index contributed by atoms with van der Waals surface area (Å²) in [5.74, 6) is -1.50. The van der Waals surface area contributed by atoms with Crippen molar-refractivity contribution in [2.45, 2.75) is 32.6 Å². The summed E-state index contributed by atoms with van der Waals surface area (Å²) in [6.07, 6.45) is 2.38. The predicted octanol–water partition coefficient (Wildman–Crippen LogP) is 5.68. The minimum atomic E-state index is -0.755. The molecule has 5 nitrogen and oxygen atoms in total. The molecule has 8 heteroatoms. The summed E-state index contributed by atoms with van der Waals surface area (Å²) in [4.78, 5) is 25.5. The third kappa shape index (κ3) is 7.38. The molecule has 0 aliphatic heterocycles. The first-order valence-electron chi connectivity index (χ1n) is 11.4. The molecule has 1 amide bonds. The average molecular weight is 514 g/mol. The molecule has 0 aliphatic rings. The van der Waals surface area contributed by atoms with E-state index in [4.69, 9.17) is 9.47 Å². The van der Waals surface area contributed by atoms with E-state index in [1.807, 2.05) is 43.5 Å². The van der Waals surface area contributed by atoms with E-state index in [0.717, 1.165) is 22.8 Å². The number of nitrogens with one attached hydrogen (secondary N) is 1. The Balaban J connectivity index is 1.86. The van der Waals surface area contributed by atoms with Crippen molar-refractivity contribution in [3.8, 4) is 11.1 Å². The maximum Gasteiger partial charge on any atom is 0.328 e. The van der Waals surface area contributed by atoms with E-state index in [-0.39, 0.29) is 19.1 Å². The van der Waals surface area contributed by atoms with Gasteiger partial charge in [0.15, 0.2) is 0 Å². The number of rotatable bonds is 11. The van der Waals surface area contributed by atoms with Crippen molar-refractivity contribution in [3.05, 3.63) is 94.6 Å². The number of carbonyl (C=O) groups is 2. The summed E-state index contributed by atoms with van der Waals surface area (Å²) in [5, 5.41) is 2.81. The summed E-state index contributed by atoms with van der Waals surface area (Å²) in [6.45, 7) is 2.17. The van der Waals surface area contributed by atoms with Gasteiger partial charge >= 0.3 is 5.97 Å². The van der Waals surface area contributed by atoms with Gasteiger partial charge in [-0.05, 0) is 77.4 Å². The van der Waals surface area contributed by atoms with Crippen molar-refractivity contribution >= 4 is 23.6 Å². The number of thioether (sulfide) groups is 1. The summed E-state index contributed by atoms with van der Waals surface area (Å²) >= 11 is 1.58. The Bertz CT molecular complexity index is 1200. The van der Waals surface area contributed by atoms with Crippen LogP contribution in [0.2, 0.25) is 0 Å². The molecule has 3 aromatic rings. The number of hydrogen-bond donors (Lipinski definition) is 1. The second kappa shape index (κ2) is 13.2. The fourth-order valence-corrected chi connectivity index (χ4v) is 4.29. The standard InChI is InChI=1S/C28H29F2NO4S/c1-18-6-4-5-7-23(18)25-14-19(16-35-17-20-12-21(29)15-22(30)13-20)8-9-24(25)27(32)31-26(10-11-36-3)28(33)34-2/h4-9,12-15,26H,10-11,16-17H2,1-3H3,(H,31,32). The van der Waals surface area contributed by atoms with E-state index >= 15 is 0 Å². The van der Waals surface area contributed by atoms with Crippen LogP contribution >= 0.6 is 11.8 Å². The monoisotopic (exact) mass is 513 g/mol. The topological polar surface area (TPSA) is 64.6 Å². The molecule has 0 aliphatic carbocycles. The van der Waals surface area contributed by atoms with Gasteiger partial charge in [0.25, 0.3) is 5.91 Å². The van der Waals surface area contributed by atoms with E-state index in [1.165, 1.54) is 19.2 Å². The highest BCUT2D eigenvalue weighted by Crippen LogP contribution is 2.29. The van der Waals surface area contributed by atoms with Crippen molar-refractivity contribution in [2.24, 2.45) is 0 Å². The third-order valence-corrected chi connectivity index (χ3v) is 6.27. The molecule has 0 heterocycles. The maximum atomic E-state index is 13.4. The molecule has 3 aromatic carbocycles. The summed E-state index contributed by atoms with van der Waals surface area (Å²) < 4.78 is 37.5. The molecule has 0 aromatic heterocycles. The first kappa shape index (κ1) is 27.4. The molecule has 3 rings (SSSR count). The molecule has 1 atom stereocenters. The lowest BCUT2D eigenvalue weighted by Crippen LogP contribution is -2.42. The van der Waals surface area contributed by atoms with Crippen LogP contribution in [0, 0.1) is 18.6 Å². The van der Waals surface area contributed by atoms with Crippen molar-refractivity contribution < 1.29 is 27.8 Å². The van der Waals surface area contributed by atoms with Gasteiger partial charge in [0.05, 0.1) is 20.3 Å². The van der Waals surface area contributed by atoms with Crippen LogP contribution in [0.3, 0.4) is 0 Å². The molecule has 0 spiro atoms. The second-order valence-corrected chi connectivity index (χ2v) is 9.28. The van der Waals surface area contributed by atoms with Crippen LogP contribution in [-0.2, 0) is 27.5 Å². The van der Waals surface area contributed by atoms with E-state index in [9.17, 15) is 18.4 Å². The molecule has 1 unspecified atom stereocenters. The van der Waals surface area contributed by atoms with Crippen molar-refractivity contribution in [1.82, 2.24) is 5.32 Å².